The summed E-state index contributed by atoms with van der Waals surface area (Å²) in [5.41, 5.74) is 6.96. The van der Waals surface area contributed by atoms with E-state index in [2.05, 4.69) is 10.3 Å². The molecule has 0 unspecified atom stereocenters. The van der Waals surface area contributed by atoms with Crippen LogP contribution in [-0.4, -0.2) is 28.6 Å². The lowest BCUT2D eigenvalue weighted by Crippen LogP contribution is -2.36. The molecule has 2 aromatic rings. The van der Waals surface area contributed by atoms with Gasteiger partial charge in [-0.1, -0.05) is 18.3 Å². The number of hydrogen-bond acceptors (Lipinski definition) is 5. The van der Waals surface area contributed by atoms with Gasteiger partial charge in [-0.25, -0.2) is 4.98 Å². The maximum atomic E-state index is 12.0. The van der Waals surface area contributed by atoms with E-state index < -0.39 is 0 Å². The fourth-order valence-electron chi connectivity index (χ4n) is 1.63. The highest BCUT2D eigenvalue weighted by molar-refractivity contribution is 7.22. The van der Waals surface area contributed by atoms with E-state index in [-0.39, 0.29) is 18.6 Å². The summed E-state index contributed by atoms with van der Waals surface area (Å²) >= 11 is 1.35. The highest BCUT2D eigenvalue weighted by atomic mass is 32.1. The Hall–Kier alpha value is -1.66. The summed E-state index contributed by atoms with van der Waals surface area (Å²) in [6.07, 6.45) is 0.692. The summed E-state index contributed by atoms with van der Waals surface area (Å²) in [5.74, 6) is -0.190. The second-order valence-corrected chi connectivity index (χ2v) is 5.06. The van der Waals surface area contributed by atoms with Crippen LogP contribution < -0.4 is 11.1 Å². The van der Waals surface area contributed by atoms with Gasteiger partial charge >= 0.3 is 0 Å². The Morgan fingerprint density at radius 1 is 1.61 bits per heavy atom. The predicted octanol–water partition coefficient (Wildman–Crippen LogP) is 1.38. The van der Waals surface area contributed by atoms with E-state index in [1.54, 1.807) is 18.2 Å². The third-order valence-corrected chi connectivity index (χ3v) is 3.56. The first-order chi connectivity index (χ1) is 8.63. The summed E-state index contributed by atoms with van der Waals surface area (Å²) in [7, 11) is 0. The summed E-state index contributed by atoms with van der Waals surface area (Å²) in [4.78, 5) is 16.1. The van der Waals surface area contributed by atoms with Crippen LogP contribution in [0.5, 0.6) is 0 Å². The van der Waals surface area contributed by atoms with Gasteiger partial charge in [-0.3, -0.25) is 4.79 Å². The lowest BCUT2D eigenvalue weighted by atomic mass is 10.1. The van der Waals surface area contributed by atoms with Crippen molar-refractivity contribution >= 4 is 32.6 Å². The van der Waals surface area contributed by atoms with E-state index in [9.17, 15) is 4.79 Å². The zero-order valence-corrected chi connectivity index (χ0v) is 10.8. The van der Waals surface area contributed by atoms with Crippen LogP contribution in [0.25, 0.3) is 10.2 Å². The summed E-state index contributed by atoms with van der Waals surface area (Å²) < 4.78 is 0.886. The minimum atomic E-state index is -0.209. The molecule has 18 heavy (non-hydrogen) atoms. The van der Waals surface area contributed by atoms with Crippen molar-refractivity contribution in [2.24, 2.45) is 0 Å². The van der Waals surface area contributed by atoms with Crippen LogP contribution in [-0.2, 0) is 0 Å². The van der Waals surface area contributed by atoms with Crippen molar-refractivity contribution < 1.29 is 9.90 Å². The number of thiazole rings is 1. The molecule has 0 radical (unpaired) electrons. The minimum Gasteiger partial charge on any atom is -0.394 e. The standard InChI is InChI=1S/C12H15N3O2S/c1-2-8(6-16)14-11(17)7-3-4-9-10(5-7)18-12(13)15-9/h3-5,8,16H,2,6H2,1H3,(H2,13,15)(H,14,17)/t8-/m1/s1. The van der Waals surface area contributed by atoms with Crippen molar-refractivity contribution in [1.82, 2.24) is 10.3 Å². The second kappa shape index (κ2) is 5.32. The zero-order valence-electron chi connectivity index (χ0n) is 10.0. The first kappa shape index (κ1) is 12.8. The van der Waals surface area contributed by atoms with Gasteiger partial charge in [0.1, 0.15) is 0 Å². The van der Waals surface area contributed by atoms with Gasteiger partial charge in [0.15, 0.2) is 5.13 Å². The number of hydrogen-bond donors (Lipinski definition) is 3. The predicted molar refractivity (Wildman–Crippen MR) is 72.7 cm³/mol. The van der Waals surface area contributed by atoms with Crippen LogP contribution in [0.1, 0.15) is 23.7 Å². The van der Waals surface area contributed by atoms with Crippen LogP contribution >= 0.6 is 11.3 Å². The molecule has 1 aromatic carbocycles. The molecule has 1 heterocycles. The van der Waals surface area contributed by atoms with E-state index >= 15 is 0 Å². The number of anilines is 1. The van der Waals surface area contributed by atoms with Crippen molar-refractivity contribution in [3.05, 3.63) is 23.8 Å². The summed E-state index contributed by atoms with van der Waals surface area (Å²) in [6, 6.07) is 5.04. The molecule has 1 atom stereocenters. The number of aliphatic hydroxyl groups excluding tert-OH is 1. The molecule has 2 rings (SSSR count). The average molecular weight is 265 g/mol. The van der Waals surface area contributed by atoms with Crippen LogP contribution in [0.2, 0.25) is 0 Å². The summed E-state index contributed by atoms with van der Waals surface area (Å²) in [5, 5.41) is 12.3. The van der Waals surface area contributed by atoms with Gasteiger partial charge < -0.3 is 16.2 Å². The van der Waals surface area contributed by atoms with Crippen molar-refractivity contribution in [3.8, 4) is 0 Å². The molecule has 0 saturated heterocycles. The molecular formula is C12H15N3O2S. The number of nitrogens with one attached hydrogen (secondary N) is 1. The van der Waals surface area contributed by atoms with Gasteiger partial charge in [0.25, 0.3) is 5.91 Å². The number of fused-ring (bicyclic) bond motifs is 1. The molecular weight excluding hydrogens is 250 g/mol. The molecule has 0 spiro atoms. The van der Waals surface area contributed by atoms with E-state index in [0.717, 1.165) is 10.2 Å². The van der Waals surface area contributed by atoms with Gasteiger partial charge in [0.2, 0.25) is 0 Å². The van der Waals surface area contributed by atoms with E-state index in [4.69, 9.17) is 10.8 Å². The number of aromatic nitrogens is 1. The fraction of sp³-hybridized carbons (Fsp3) is 0.333. The Kier molecular flexibility index (Phi) is 3.78. The smallest absolute Gasteiger partial charge is 0.251 e. The Morgan fingerprint density at radius 3 is 3.06 bits per heavy atom. The topological polar surface area (TPSA) is 88.2 Å². The molecule has 0 aliphatic rings. The van der Waals surface area contributed by atoms with Crippen LogP contribution in [0.3, 0.4) is 0 Å². The first-order valence-electron chi connectivity index (χ1n) is 5.71. The van der Waals surface area contributed by atoms with E-state index in [1.807, 2.05) is 6.92 Å². The third-order valence-electron chi connectivity index (χ3n) is 2.72. The largest absolute Gasteiger partial charge is 0.394 e. The number of nitrogens with zero attached hydrogens (tertiary/aromatic N) is 1. The molecule has 0 saturated carbocycles. The van der Waals surface area contributed by atoms with Crippen molar-refractivity contribution in [1.29, 1.82) is 0 Å². The molecule has 6 heteroatoms. The lowest BCUT2D eigenvalue weighted by Gasteiger charge is -2.13. The molecule has 4 N–H and O–H groups in total. The zero-order chi connectivity index (χ0) is 13.1. The third kappa shape index (κ3) is 2.60. The van der Waals surface area contributed by atoms with Gasteiger partial charge in [-0.2, -0.15) is 0 Å². The average Bonchev–Trinajstić information content (AvgIpc) is 2.74. The number of amides is 1. The molecule has 0 aliphatic carbocycles. The maximum absolute atomic E-state index is 12.0. The number of carbonyl (C=O) groups excluding carboxylic acids is 1. The Morgan fingerprint density at radius 2 is 2.39 bits per heavy atom. The van der Waals surface area contributed by atoms with Gasteiger partial charge in [-0.15, -0.1) is 0 Å². The molecule has 0 aliphatic heterocycles. The first-order valence-corrected chi connectivity index (χ1v) is 6.53. The van der Waals surface area contributed by atoms with Crippen LogP contribution in [0.15, 0.2) is 18.2 Å². The number of rotatable bonds is 4. The minimum absolute atomic E-state index is 0.0575. The number of aliphatic hydroxyl groups is 1. The second-order valence-electron chi connectivity index (χ2n) is 4.00. The van der Waals surface area contributed by atoms with Crippen LogP contribution in [0, 0.1) is 0 Å². The number of benzene rings is 1. The Balaban J connectivity index is 2.22. The monoisotopic (exact) mass is 265 g/mol. The van der Waals surface area contributed by atoms with Gasteiger partial charge in [0.05, 0.1) is 22.9 Å². The van der Waals surface area contributed by atoms with E-state index in [1.165, 1.54) is 11.3 Å². The maximum Gasteiger partial charge on any atom is 0.251 e. The highest BCUT2D eigenvalue weighted by Crippen LogP contribution is 2.24. The molecule has 1 aromatic heterocycles. The molecule has 5 nitrogen and oxygen atoms in total. The van der Waals surface area contributed by atoms with Gasteiger partial charge in [-0.05, 0) is 24.6 Å². The van der Waals surface area contributed by atoms with Gasteiger partial charge in [0, 0.05) is 5.56 Å². The molecule has 1 amide bonds. The number of nitrogens with two attached hydrogens (primary N) is 1. The Bertz CT molecular complexity index is 563. The Labute approximate surface area is 109 Å². The number of carbonyl (C=O) groups is 1. The normalized spacial score (nSPS) is 12.6. The van der Waals surface area contributed by atoms with Crippen molar-refractivity contribution in [2.75, 3.05) is 12.3 Å². The summed E-state index contributed by atoms with van der Waals surface area (Å²) in [6.45, 7) is 1.85. The molecule has 96 valence electrons. The van der Waals surface area contributed by atoms with Crippen LogP contribution in [0.4, 0.5) is 5.13 Å². The number of nitrogen functional groups attached to an aromatic ring is 1. The van der Waals surface area contributed by atoms with Crippen molar-refractivity contribution in [3.63, 3.8) is 0 Å². The van der Waals surface area contributed by atoms with Crippen molar-refractivity contribution in [2.45, 2.75) is 19.4 Å². The lowest BCUT2D eigenvalue weighted by molar-refractivity contribution is 0.0915. The molecule has 0 fully saturated rings. The fourth-order valence-corrected chi connectivity index (χ4v) is 2.40. The quantitative estimate of drug-likeness (QED) is 0.779. The molecule has 0 bridgehead atoms. The SMILES string of the molecule is CC[C@H](CO)NC(=O)c1ccc2nc(N)sc2c1. The van der Waals surface area contributed by atoms with E-state index in [0.29, 0.717) is 17.1 Å². The highest BCUT2D eigenvalue weighted by Gasteiger charge is 2.12.